The minimum Gasteiger partial charge on any atom is -0.496 e. The Kier molecular flexibility index (Phi) is 6.53. The van der Waals surface area contributed by atoms with Crippen molar-refractivity contribution in [3.05, 3.63) is 82.3 Å². The Labute approximate surface area is 216 Å². The number of H-pyrrole nitrogens is 1. The molecule has 36 heavy (non-hydrogen) atoms. The van der Waals surface area contributed by atoms with Gasteiger partial charge in [-0.25, -0.2) is 4.79 Å². The van der Waals surface area contributed by atoms with E-state index in [4.69, 9.17) is 22.1 Å². The van der Waals surface area contributed by atoms with E-state index in [0.29, 0.717) is 27.9 Å². The van der Waals surface area contributed by atoms with E-state index < -0.39 is 5.97 Å². The highest BCUT2D eigenvalue weighted by molar-refractivity contribution is 8.26. The molecule has 1 amide bonds. The second kappa shape index (κ2) is 9.92. The van der Waals surface area contributed by atoms with Crippen LogP contribution in [0.1, 0.15) is 21.5 Å². The molecule has 0 aliphatic carbocycles. The molecule has 1 saturated heterocycles. The fraction of sp³-hybridized carbons (Fsp3) is 0.115. The summed E-state index contributed by atoms with van der Waals surface area (Å²) in [5, 5.41) is 19.9. The summed E-state index contributed by atoms with van der Waals surface area (Å²) >= 11 is 6.74. The third kappa shape index (κ3) is 4.73. The van der Waals surface area contributed by atoms with Crippen LogP contribution in [0, 0.1) is 0 Å². The summed E-state index contributed by atoms with van der Waals surface area (Å²) in [5.41, 5.74) is 5.32. The number of fused-ring (bicyclic) bond motifs is 1. The molecule has 0 bridgehead atoms. The highest BCUT2D eigenvalue weighted by Gasteiger charge is 2.31. The number of hydrogen-bond donors (Lipinski definition) is 2. The number of hydrogen-bond acceptors (Lipinski definition) is 7. The quantitative estimate of drug-likeness (QED) is 0.267. The average Bonchev–Trinajstić information content (AvgIpc) is 3.46. The molecule has 180 valence electrons. The first-order valence-electron chi connectivity index (χ1n) is 11.0. The third-order valence-corrected chi connectivity index (χ3v) is 7.22. The molecule has 1 aromatic heterocycles. The lowest BCUT2D eigenvalue weighted by Gasteiger charge is -2.14. The molecule has 10 heteroatoms. The summed E-state index contributed by atoms with van der Waals surface area (Å²) in [5.74, 6) is -0.408. The monoisotopic (exact) mass is 516 g/mol. The molecule has 5 rings (SSSR count). The van der Waals surface area contributed by atoms with Crippen molar-refractivity contribution in [2.24, 2.45) is 0 Å². The van der Waals surface area contributed by atoms with Crippen LogP contribution in [0.25, 0.3) is 28.2 Å². The molecule has 8 nitrogen and oxygen atoms in total. The number of benzene rings is 3. The fourth-order valence-corrected chi connectivity index (χ4v) is 5.26. The van der Waals surface area contributed by atoms with Gasteiger partial charge < -0.3 is 9.84 Å². The first kappa shape index (κ1) is 23.7. The van der Waals surface area contributed by atoms with Gasteiger partial charge in [0.15, 0.2) is 0 Å². The van der Waals surface area contributed by atoms with Crippen LogP contribution in [-0.4, -0.2) is 55.3 Å². The first-order chi connectivity index (χ1) is 17.4. The summed E-state index contributed by atoms with van der Waals surface area (Å²) in [6, 6.07) is 18.1. The van der Waals surface area contributed by atoms with Crippen LogP contribution in [-0.2, 0) is 11.2 Å². The summed E-state index contributed by atoms with van der Waals surface area (Å²) in [6.45, 7) is 0.417. The molecular weight excluding hydrogens is 496 g/mol. The number of nitrogens with one attached hydrogen (secondary N) is 1. The summed E-state index contributed by atoms with van der Waals surface area (Å²) in [7, 11) is 1.62. The smallest absolute Gasteiger partial charge is 0.335 e. The number of methoxy groups -OCH3 is 1. The molecular formula is C26H20N4O4S2. The number of ether oxygens (including phenoxy) is 1. The number of nitrogens with zero attached hydrogens (tertiary/aromatic N) is 3. The van der Waals surface area contributed by atoms with Crippen molar-refractivity contribution in [1.29, 1.82) is 0 Å². The summed E-state index contributed by atoms with van der Waals surface area (Å²) in [6.07, 6.45) is 2.40. The van der Waals surface area contributed by atoms with Crippen molar-refractivity contribution < 1.29 is 19.4 Å². The Balaban J connectivity index is 1.36. The molecule has 3 aromatic carbocycles. The van der Waals surface area contributed by atoms with Crippen LogP contribution in [0.3, 0.4) is 0 Å². The topological polar surface area (TPSA) is 108 Å². The van der Waals surface area contributed by atoms with Crippen molar-refractivity contribution in [2.45, 2.75) is 6.42 Å². The molecule has 4 aromatic rings. The third-order valence-electron chi connectivity index (χ3n) is 5.85. The number of carboxylic acid groups (broad SMARTS) is 1. The van der Waals surface area contributed by atoms with Crippen LogP contribution in [0.15, 0.2) is 65.6 Å². The van der Waals surface area contributed by atoms with Gasteiger partial charge in [0.1, 0.15) is 21.1 Å². The van der Waals surface area contributed by atoms with Crippen LogP contribution >= 0.6 is 24.0 Å². The van der Waals surface area contributed by atoms with Gasteiger partial charge in [-0.05, 0) is 65.6 Å². The molecule has 1 aliphatic rings. The van der Waals surface area contributed by atoms with Crippen molar-refractivity contribution in [3.63, 3.8) is 0 Å². The largest absolute Gasteiger partial charge is 0.496 e. The van der Waals surface area contributed by atoms with Gasteiger partial charge in [-0.2, -0.15) is 15.4 Å². The van der Waals surface area contributed by atoms with E-state index >= 15 is 0 Å². The standard InChI is InChI=1S/C26H20N4O4S2/c1-34-22-9-4-16(12-19(22)18-7-8-20-21(14-18)28-29-27-20)13-23-24(31)30(26(35)36-23)11-10-15-2-5-17(6-3-15)25(32)33/h2-9,12-14H,10-11H2,1H3,(H,32,33)(H,27,28,29). The minimum atomic E-state index is -0.969. The predicted octanol–water partition coefficient (Wildman–Crippen LogP) is 4.78. The normalized spacial score (nSPS) is 14.7. The van der Waals surface area contributed by atoms with Crippen molar-refractivity contribution in [3.8, 4) is 16.9 Å². The number of amides is 1. The van der Waals surface area contributed by atoms with E-state index in [-0.39, 0.29) is 11.5 Å². The Morgan fingerprint density at radius 1 is 1.11 bits per heavy atom. The Hall–Kier alpha value is -4.02. The van der Waals surface area contributed by atoms with Gasteiger partial charge in [-0.3, -0.25) is 9.69 Å². The molecule has 2 heterocycles. The van der Waals surface area contributed by atoms with Crippen molar-refractivity contribution >= 4 is 57.3 Å². The second-order valence-electron chi connectivity index (χ2n) is 8.07. The van der Waals surface area contributed by atoms with E-state index in [1.54, 1.807) is 36.3 Å². The van der Waals surface area contributed by atoms with Gasteiger partial charge in [0.25, 0.3) is 5.91 Å². The number of carbonyl (C=O) groups excluding carboxylic acids is 1. The summed E-state index contributed by atoms with van der Waals surface area (Å²) < 4.78 is 6.07. The number of thioether (sulfide) groups is 1. The number of aromatic amines is 1. The highest BCUT2D eigenvalue weighted by Crippen LogP contribution is 2.36. The lowest BCUT2D eigenvalue weighted by Crippen LogP contribution is -2.30. The number of rotatable bonds is 7. The Morgan fingerprint density at radius 3 is 2.64 bits per heavy atom. The predicted molar refractivity (Wildman–Crippen MR) is 143 cm³/mol. The Bertz CT molecular complexity index is 1530. The Morgan fingerprint density at radius 2 is 1.89 bits per heavy atom. The molecule has 0 spiro atoms. The van der Waals surface area contributed by atoms with Crippen molar-refractivity contribution in [2.75, 3.05) is 13.7 Å². The van der Waals surface area contributed by atoms with E-state index in [1.165, 1.54) is 11.8 Å². The minimum absolute atomic E-state index is 0.145. The fourth-order valence-electron chi connectivity index (χ4n) is 3.95. The van der Waals surface area contributed by atoms with E-state index in [2.05, 4.69) is 15.4 Å². The second-order valence-corrected chi connectivity index (χ2v) is 9.75. The molecule has 0 atom stereocenters. The van der Waals surface area contributed by atoms with Gasteiger partial charge in [-0.1, -0.05) is 48.2 Å². The van der Waals surface area contributed by atoms with Gasteiger partial charge in [0, 0.05) is 12.1 Å². The molecule has 1 fully saturated rings. The molecule has 2 N–H and O–H groups in total. The van der Waals surface area contributed by atoms with Crippen LogP contribution in [0.2, 0.25) is 0 Å². The first-order valence-corrected chi connectivity index (χ1v) is 12.2. The lowest BCUT2D eigenvalue weighted by molar-refractivity contribution is -0.122. The maximum Gasteiger partial charge on any atom is 0.335 e. The van der Waals surface area contributed by atoms with E-state index in [9.17, 15) is 9.59 Å². The van der Waals surface area contributed by atoms with Gasteiger partial charge >= 0.3 is 5.97 Å². The maximum atomic E-state index is 13.1. The highest BCUT2D eigenvalue weighted by atomic mass is 32.2. The zero-order valence-corrected chi connectivity index (χ0v) is 20.7. The zero-order chi connectivity index (χ0) is 25.2. The van der Waals surface area contributed by atoms with Gasteiger partial charge in [-0.15, -0.1) is 0 Å². The van der Waals surface area contributed by atoms with E-state index in [0.717, 1.165) is 33.3 Å². The van der Waals surface area contributed by atoms with Crippen LogP contribution < -0.4 is 4.74 Å². The number of aromatic nitrogens is 3. The van der Waals surface area contributed by atoms with Gasteiger partial charge in [0.05, 0.1) is 17.6 Å². The van der Waals surface area contributed by atoms with Crippen LogP contribution in [0.4, 0.5) is 0 Å². The number of carbonyl (C=O) groups is 2. The van der Waals surface area contributed by atoms with Gasteiger partial charge in [0.2, 0.25) is 0 Å². The number of aromatic carboxylic acids is 1. The molecule has 0 radical (unpaired) electrons. The molecule has 0 unspecified atom stereocenters. The lowest BCUT2D eigenvalue weighted by atomic mass is 10.0. The molecule has 1 aliphatic heterocycles. The summed E-state index contributed by atoms with van der Waals surface area (Å²) in [4.78, 5) is 26.3. The number of thiocarbonyl (C=S) groups is 1. The van der Waals surface area contributed by atoms with Crippen LogP contribution in [0.5, 0.6) is 5.75 Å². The average molecular weight is 517 g/mol. The molecule has 0 saturated carbocycles. The van der Waals surface area contributed by atoms with Crippen molar-refractivity contribution in [1.82, 2.24) is 20.3 Å². The SMILES string of the molecule is COc1ccc(C=C2SC(=S)N(CCc3ccc(C(=O)O)cc3)C2=O)cc1-c1ccc2n[nH]nc2c1. The van der Waals surface area contributed by atoms with E-state index in [1.807, 2.05) is 42.5 Å². The maximum absolute atomic E-state index is 13.1. The number of carboxylic acids is 1. The zero-order valence-electron chi connectivity index (χ0n) is 19.1.